The van der Waals surface area contributed by atoms with Crippen LogP contribution >= 0.6 is 0 Å². The van der Waals surface area contributed by atoms with E-state index in [9.17, 15) is 0 Å². The largest absolute Gasteiger partial charge is 0.496 e. The predicted molar refractivity (Wildman–Crippen MR) is 76.6 cm³/mol. The molecule has 0 amide bonds. The van der Waals surface area contributed by atoms with Crippen molar-refractivity contribution in [3.63, 3.8) is 0 Å². The summed E-state index contributed by atoms with van der Waals surface area (Å²) < 4.78 is 5.39. The fourth-order valence-corrected chi connectivity index (χ4v) is 2.80. The van der Waals surface area contributed by atoms with E-state index in [0.717, 1.165) is 11.3 Å². The monoisotopic (exact) mass is 245 g/mol. The van der Waals surface area contributed by atoms with E-state index >= 15 is 0 Å². The second kappa shape index (κ2) is 6.60. The molecule has 2 rings (SSSR count). The second-order valence-electron chi connectivity index (χ2n) is 5.00. The molecule has 0 spiro atoms. The molecule has 2 nitrogen and oxygen atoms in total. The molecule has 1 saturated carbocycles. The molecule has 18 heavy (non-hydrogen) atoms. The molecule has 0 aliphatic heterocycles. The maximum atomic E-state index is 5.93. The molecule has 0 saturated heterocycles. The Labute approximate surface area is 110 Å². The van der Waals surface area contributed by atoms with E-state index in [0.29, 0.717) is 12.5 Å². The smallest absolute Gasteiger partial charge is 0.126 e. The van der Waals surface area contributed by atoms with Crippen molar-refractivity contribution in [3.8, 4) is 5.75 Å². The van der Waals surface area contributed by atoms with Crippen LogP contribution in [0, 0.1) is 5.92 Å². The summed E-state index contributed by atoms with van der Waals surface area (Å²) in [7, 11) is 1.72. The van der Waals surface area contributed by atoms with Crippen molar-refractivity contribution in [3.05, 3.63) is 35.4 Å². The number of para-hydroxylation sites is 1. The Balaban J connectivity index is 2.22. The molecule has 0 unspecified atom stereocenters. The maximum Gasteiger partial charge on any atom is 0.126 e. The molecule has 1 aliphatic rings. The first-order valence-corrected chi connectivity index (χ1v) is 6.88. The number of rotatable bonds is 4. The first-order valence-electron chi connectivity index (χ1n) is 6.88. The number of nitrogens with two attached hydrogens (primary N) is 1. The normalized spacial score (nSPS) is 17.8. The number of hydrogen-bond acceptors (Lipinski definition) is 2. The average Bonchev–Trinajstić information content (AvgIpc) is 2.46. The Kier molecular flexibility index (Phi) is 4.82. The lowest BCUT2D eigenvalue weighted by molar-refractivity contribution is 0.400. The number of hydrogen-bond donors (Lipinski definition) is 1. The molecular weight excluding hydrogens is 222 g/mol. The fourth-order valence-electron chi connectivity index (χ4n) is 2.80. The van der Waals surface area contributed by atoms with Crippen LogP contribution in [-0.2, 0) is 0 Å². The molecule has 98 valence electrons. The van der Waals surface area contributed by atoms with Crippen LogP contribution in [0.4, 0.5) is 0 Å². The van der Waals surface area contributed by atoms with Crippen molar-refractivity contribution in [2.24, 2.45) is 11.7 Å². The summed E-state index contributed by atoms with van der Waals surface area (Å²) >= 11 is 0. The number of ether oxygens (including phenoxy) is 1. The van der Waals surface area contributed by atoms with E-state index in [-0.39, 0.29) is 0 Å². The van der Waals surface area contributed by atoms with Crippen molar-refractivity contribution in [2.75, 3.05) is 13.7 Å². The highest BCUT2D eigenvalue weighted by Crippen LogP contribution is 2.31. The Morgan fingerprint density at radius 3 is 2.67 bits per heavy atom. The second-order valence-corrected chi connectivity index (χ2v) is 5.00. The van der Waals surface area contributed by atoms with Crippen LogP contribution in [0.2, 0.25) is 0 Å². The van der Waals surface area contributed by atoms with Gasteiger partial charge in [-0.05, 0) is 24.8 Å². The highest BCUT2D eigenvalue weighted by atomic mass is 16.5. The maximum absolute atomic E-state index is 5.93. The molecule has 0 bridgehead atoms. The zero-order valence-corrected chi connectivity index (χ0v) is 11.2. The lowest BCUT2D eigenvalue weighted by Crippen LogP contribution is -2.16. The van der Waals surface area contributed by atoms with Crippen LogP contribution in [0.1, 0.15) is 37.7 Å². The SMILES string of the molecule is COc1ccccc1C=C(CN)C1CCCCC1. The third kappa shape index (κ3) is 3.14. The van der Waals surface area contributed by atoms with Gasteiger partial charge in [-0.3, -0.25) is 0 Å². The summed E-state index contributed by atoms with van der Waals surface area (Å²) in [6.07, 6.45) is 8.87. The minimum atomic E-state index is 0.655. The van der Waals surface area contributed by atoms with Crippen LogP contribution in [0.5, 0.6) is 5.75 Å². The Morgan fingerprint density at radius 2 is 2.00 bits per heavy atom. The first-order chi connectivity index (χ1) is 8.85. The standard InChI is InChI=1S/C16H23NO/c1-18-16-10-6-5-9-14(16)11-15(12-17)13-7-3-2-4-8-13/h5-6,9-11,13H,2-4,7-8,12,17H2,1H3. The summed E-state index contributed by atoms with van der Waals surface area (Å²) in [6, 6.07) is 8.14. The summed E-state index contributed by atoms with van der Waals surface area (Å²) in [5.74, 6) is 1.60. The lowest BCUT2D eigenvalue weighted by Gasteiger charge is -2.24. The van der Waals surface area contributed by atoms with E-state index in [1.54, 1.807) is 7.11 Å². The number of methoxy groups -OCH3 is 1. The van der Waals surface area contributed by atoms with Gasteiger partial charge in [0.05, 0.1) is 7.11 Å². The van der Waals surface area contributed by atoms with Gasteiger partial charge in [0.2, 0.25) is 0 Å². The minimum absolute atomic E-state index is 0.655. The van der Waals surface area contributed by atoms with Crippen molar-refractivity contribution in [2.45, 2.75) is 32.1 Å². The van der Waals surface area contributed by atoms with Crippen LogP contribution in [0.25, 0.3) is 6.08 Å². The van der Waals surface area contributed by atoms with Gasteiger partial charge in [0.1, 0.15) is 5.75 Å². The Bertz CT molecular complexity index is 405. The number of benzene rings is 1. The van der Waals surface area contributed by atoms with Gasteiger partial charge in [-0.1, -0.05) is 49.1 Å². The van der Waals surface area contributed by atoms with E-state index in [1.807, 2.05) is 18.2 Å². The van der Waals surface area contributed by atoms with Crippen molar-refractivity contribution in [1.29, 1.82) is 0 Å². The summed E-state index contributed by atoms with van der Waals surface area (Å²) in [4.78, 5) is 0. The molecule has 0 radical (unpaired) electrons. The quantitative estimate of drug-likeness (QED) is 0.879. The van der Waals surface area contributed by atoms with Gasteiger partial charge in [-0.15, -0.1) is 0 Å². The van der Waals surface area contributed by atoms with E-state index in [4.69, 9.17) is 10.5 Å². The average molecular weight is 245 g/mol. The highest BCUT2D eigenvalue weighted by Gasteiger charge is 2.17. The molecule has 2 heteroatoms. The van der Waals surface area contributed by atoms with Gasteiger partial charge in [-0.2, -0.15) is 0 Å². The fraction of sp³-hybridized carbons (Fsp3) is 0.500. The zero-order chi connectivity index (χ0) is 12.8. The third-order valence-electron chi connectivity index (χ3n) is 3.85. The molecule has 0 atom stereocenters. The van der Waals surface area contributed by atoms with Crippen LogP contribution < -0.4 is 10.5 Å². The van der Waals surface area contributed by atoms with Gasteiger partial charge in [-0.25, -0.2) is 0 Å². The molecule has 2 N–H and O–H groups in total. The predicted octanol–water partition coefficient (Wildman–Crippen LogP) is 3.62. The van der Waals surface area contributed by atoms with Crippen LogP contribution in [0.3, 0.4) is 0 Å². The molecule has 1 fully saturated rings. The topological polar surface area (TPSA) is 35.2 Å². The summed E-state index contributed by atoms with van der Waals surface area (Å²) in [5.41, 5.74) is 8.45. The van der Waals surface area contributed by atoms with Crippen molar-refractivity contribution in [1.82, 2.24) is 0 Å². The van der Waals surface area contributed by atoms with Crippen molar-refractivity contribution < 1.29 is 4.74 Å². The summed E-state index contributed by atoms with van der Waals surface area (Å²) in [5, 5.41) is 0. The highest BCUT2D eigenvalue weighted by molar-refractivity contribution is 5.60. The third-order valence-corrected chi connectivity index (χ3v) is 3.85. The van der Waals surface area contributed by atoms with Crippen molar-refractivity contribution >= 4 is 6.08 Å². The molecule has 1 aromatic carbocycles. The first kappa shape index (κ1) is 13.2. The Morgan fingerprint density at radius 1 is 1.28 bits per heavy atom. The van der Waals surface area contributed by atoms with Crippen LogP contribution in [0.15, 0.2) is 29.8 Å². The minimum Gasteiger partial charge on any atom is -0.496 e. The van der Waals surface area contributed by atoms with E-state index in [1.165, 1.54) is 37.7 Å². The Hall–Kier alpha value is -1.28. The molecule has 1 aromatic rings. The van der Waals surface area contributed by atoms with Gasteiger partial charge in [0.15, 0.2) is 0 Å². The van der Waals surface area contributed by atoms with Gasteiger partial charge < -0.3 is 10.5 Å². The zero-order valence-electron chi connectivity index (χ0n) is 11.2. The summed E-state index contributed by atoms with van der Waals surface area (Å²) in [6.45, 7) is 0.655. The molecule has 0 heterocycles. The van der Waals surface area contributed by atoms with Gasteiger partial charge in [0, 0.05) is 12.1 Å². The molecule has 0 aromatic heterocycles. The van der Waals surface area contributed by atoms with Crippen LogP contribution in [-0.4, -0.2) is 13.7 Å². The lowest BCUT2D eigenvalue weighted by atomic mass is 9.83. The molecule has 1 aliphatic carbocycles. The van der Waals surface area contributed by atoms with Gasteiger partial charge >= 0.3 is 0 Å². The van der Waals surface area contributed by atoms with E-state index in [2.05, 4.69) is 12.1 Å². The molecular formula is C16H23NO. The van der Waals surface area contributed by atoms with Gasteiger partial charge in [0.25, 0.3) is 0 Å². The van der Waals surface area contributed by atoms with E-state index < -0.39 is 0 Å².